The first-order valence-electron chi connectivity index (χ1n) is 10.4. The monoisotopic (exact) mass is 463 g/mol. The lowest BCUT2D eigenvalue weighted by Gasteiger charge is -2.10. The number of rotatable bonds is 7. The predicted octanol–water partition coefficient (Wildman–Crippen LogP) is 4.28. The van der Waals surface area contributed by atoms with Crippen molar-refractivity contribution in [1.82, 2.24) is 14.8 Å². The fourth-order valence-corrected chi connectivity index (χ4v) is 4.06. The molecule has 3 rings (SSSR count). The molecule has 2 aromatic heterocycles. The number of nitrogens with zero attached hydrogens (tertiary/aromatic N) is 4. The van der Waals surface area contributed by atoms with E-state index < -0.39 is 5.97 Å². The number of ether oxygens (including phenoxy) is 1. The van der Waals surface area contributed by atoms with Crippen molar-refractivity contribution in [1.29, 1.82) is 5.26 Å². The Balaban J connectivity index is 1.74. The van der Waals surface area contributed by atoms with E-state index in [0.29, 0.717) is 22.1 Å². The molecule has 8 nitrogen and oxygen atoms in total. The van der Waals surface area contributed by atoms with E-state index >= 15 is 0 Å². The van der Waals surface area contributed by atoms with Crippen LogP contribution < -0.4 is 5.32 Å². The number of nitrogens with one attached hydrogen (secondary N) is 1. The summed E-state index contributed by atoms with van der Waals surface area (Å²) in [5, 5.41) is 17.3. The molecule has 1 amide bonds. The lowest BCUT2D eigenvalue weighted by Crippen LogP contribution is -2.16. The van der Waals surface area contributed by atoms with Crippen LogP contribution in [0.15, 0.2) is 35.4 Å². The second-order valence-electron chi connectivity index (χ2n) is 7.44. The number of amides is 1. The largest absolute Gasteiger partial charge is 0.462 e. The van der Waals surface area contributed by atoms with Crippen LogP contribution in [0.4, 0.5) is 5.69 Å². The van der Waals surface area contributed by atoms with Crippen LogP contribution in [-0.2, 0) is 9.53 Å². The highest BCUT2D eigenvalue weighted by Crippen LogP contribution is 2.26. The minimum Gasteiger partial charge on any atom is -0.462 e. The van der Waals surface area contributed by atoms with Gasteiger partial charge in [-0.3, -0.25) is 4.79 Å². The first kappa shape index (κ1) is 24.0. The van der Waals surface area contributed by atoms with E-state index in [-0.39, 0.29) is 29.4 Å². The standard InChI is InChI=1S/C24H25N5O3S/c1-6-32-24(31)20-11-18(12-25)23(26-15(20)3)33-13-21(30)27-22-16(4)28-29(17(22)5)19-9-7-14(2)8-10-19/h7-11H,6,13H2,1-5H3,(H,27,30). The van der Waals surface area contributed by atoms with Gasteiger partial charge < -0.3 is 10.1 Å². The zero-order chi connectivity index (χ0) is 24.1. The molecule has 0 saturated heterocycles. The molecular formula is C24H25N5O3S. The average Bonchev–Trinajstić information content (AvgIpc) is 3.06. The van der Waals surface area contributed by atoms with Crippen LogP contribution in [0.1, 0.15) is 45.5 Å². The fourth-order valence-electron chi connectivity index (χ4n) is 3.26. The van der Waals surface area contributed by atoms with Gasteiger partial charge in [0.2, 0.25) is 5.91 Å². The molecule has 0 radical (unpaired) electrons. The lowest BCUT2D eigenvalue weighted by atomic mass is 10.1. The Kier molecular flexibility index (Phi) is 7.51. The van der Waals surface area contributed by atoms with Gasteiger partial charge in [0.25, 0.3) is 0 Å². The number of aryl methyl sites for hydroxylation is 3. The first-order chi connectivity index (χ1) is 15.7. The smallest absolute Gasteiger partial charge is 0.340 e. The van der Waals surface area contributed by atoms with Crippen LogP contribution in [-0.4, -0.2) is 39.0 Å². The van der Waals surface area contributed by atoms with Gasteiger partial charge in [0, 0.05) is 0 Å². The third-order valence-electron chi connectivity index (χ3n) is 4.97. The summed E-state index contributed by atoms with van der Waals surface area (Å²) >= 11 is 1.14. The predicted molar refractivity (Wildman–Crippen MR) is 127 cm³/mol. The number of nitriles is 1. The maximum absolute atomic E-state index is 12.7. The molecule has 3 aromatic rings. The Morgan fingerprint density at radius 1 is 1.15 bits per heavy atom. The van der Waals surface area contributed by atoms with Crippen LogP contribution in [0.2, 0.25) is 0 Å². The molecule has 0 atom stereocenters. The third-order valence-corrected chi connectivity index (χ3v) is 5.96. The number of esters is 1. The number of pyridine rings is 1. The lowest BCUT2D eigenvalue weighted by molar-refractivity contribution is -0.113. The number of thioether (sulfide) groups is 1. The summed E-state index contributed by atoms with van der Waals surface area (Å²) in [5.41, 5.74) is 5.16. The molecule has 1 aromatic carbocycles. The molecule has 33 heavy (non-hydrogen) atoms. The van der Waals surface area contributed by atoms with E-state index in [1.54, 1.807) is 18.5 Å². The van der Waals surface area contributed by atoms with E-state index in [1.807, 2.05) is 51.1 Å². The van der Waals surface area contributed by atoms with E-state index in [4.69, 9.17) is 4.74 Å². The number of carbonyl (C=O) groups is 2. The van der Waals surface area contributed by atoms with Crippen molar-refractivity contribution < 1.29 is 14.3 Å². The Hall–Kier alpha value is -3.64. The van der Waals surface area contributed by atoms with Crippen LogP contribution in [0, 0.1) is 39.0 Å². The minimum atomic E-state index is -0.523. The van der Waals surface area contributed by atoms with Crippen molar-refractivity contribution in [3.05, 3.63) is 64.1 Å². The Morgan fingerprint density at radius 3 is 2.48 bits per heavy atom. The summed E-state index contributed by atoms with van der Waals surface area (Å²) in [4.78, 5) is 29.1. The SMILES string of the molecule is CCOC(=O)c1cc(C#N)c(SCC(=O)Nc2c(C)nn(-c3ccc(C)cc3)c2C)nc1C. The zero-order valence-corrected chi connectivity index (χ0v) is 20.0. The second kappa shape index (κ2) is 10.3. The number of carbonyl (C=O) groups excluding carboxylic acids is 2. The molecule has 0 aliphatic heterocycles. The van der Waals surface area contributed by atoms with Crippen molar-refractivity contribution in [2.45, 2.75) is 39.6 Å². The molecule has 2 heterocycles. The second-order valence-corrected chi connectivity index (χ2v) is 8.40. The van der Waals surface area contributed by atoms with Crippen LogP contribution >= 0.6 is 11.8 Å². The van der Waals surface area contributed by atoms with Crippen molar-refractivity contribution >= 4 is 29.3 Å². The number of aromatic nitrogens is 3. The quantitative estimate of drug-likeness (QED) is 0.411. The molecule has 9 heteroatoms. The molecule has 0 aliphatic rings. The highest BCUT2D eigenvalue weighted by Gasteiger charge is 2.19. The molecule has 0 fully saturated rings. The van der Waals surface area contributed by atoms with E-state index in [0.717, 1.165) is 28.7 Å². The Labute approximate surface area is 197 Å². The van der Waals surface area contributed by atoms with E-state index in [2.05, 4.69) is 15.4 Å². The molecule has 1 N–H and O–H groups in total. The van der Waals surface area contributed by atoms with Gasteiger partial charge in [0.05, 0.1) is 51.9 Å². The van der Waals surface area contributed by atoms with Gasteiger partial charge in [-0.05, 0) is 52.8 Å². The van der Waals surface area contributed by atoms with Crippen LogP contribution in [0.25, 0.3) is 5.69 Å². The van der Waals surface area contributed by atoms with Crippen molar-refractivity contribution in [2.24, 2.45) is 0 Å². The fraction of sp³-hybridized carbons (Fsp3) is 0.292. The summed E-state index contributed by atoms with van der Waals surface area (Å²) in [7, 11) is 0. The maximum Gasteiger partial charge on any atom is 0.340 e. The normalized spacial score (nSPS) is 10.5. The number of anilines is 1. The maximum atomic E-state index is 12.7. The summed E-state index contributed by atoms with van der Waals surface area (Å²) in [6.07, 6.45) is 0. The van der Waals surface area contributed by atoms with Crippen LogP contribution in [0.5, 0.6) is 0 Å². The van der Waals surface area contributed by atoms with E-state index in [9.17, 15) is 14.9 Å². The molecule has 0 aliphatic carbocycles. The van der Waals surface area contributed by atoms with Gasteiger partial charge in [-0.2, -0.15) is 10.4 Å². The highest BCUT2D eigenvalue weighted by molar-refractivity contribution is 8.00. The number of hydrogen-bond donors (Lipinski definition) is 1. The molecular weight excluding hydrogens is 438 g/mol. The summed E-state index contributed by atoms with van der Waals surface area (Å²) in [6.45, 7) is 9.37. The highest BCUT2D eigenvalue weighted by atomic mass is 32.2. The van der Waals surface area contributed by atoms with Gasteiger partial charge in [-0.25, -0.2) is 14.5 Å². The summed E-state index contributed by atoms with van der Waals surface area (Å²) in [5.74, 6) is -0.716. The molecule has 0 bridgehead atoms. The van der Waals surface area contributed by atoms with Crippen molar-refractivity contribution in [2.75, 3.05) is 17.7 Å². The molecule has 0 spiro atoms. The van der Waals surface area contributed by atoms with Gasteiger partial charge in [-0.1, -0.05) is 29.5 Å². The van der Waals surface area contributed by atoms with Gasteiger partial charge in [0.1, 0.15) is 11.1 Å². The Morgan fingerprint density at radius 2 is 1.85 bits per heavy atom. The Bertz CT molecular complexity index is 1240. The average molecular weight is 464 g/mol. The summed E-state index contributed by atoms with van der Waals surface area (Å²) < 4.78 is 6.80. The third kappa shape index (κ3) is 5.41. The van der Waals surface area contributed by atoms with Crippen LogP contribution in [0.3, 0.4) is 0 Å². The zero-order valence-electron chi connectivity index (χ0n) is 19.2. The number of hydrogen-bond acceptors (Lipinski definition) is 7. The number of benzene rings is 1. The van der Waals surface area contributed by atoms with Gasteiger partial charge in [-0.15, -0.1) is 0 Å². The van der Waals surface area contributed by atoms with Crippen molar-refractivity contribution in [3.8, 4) is 11.8 Å². The minimum absolute atomic E-state index is 0.0501. The molecule has 170 valence electrons. The molecule has 0 saturated carbocycles. The molecule has 0 unspecified atom stereocenters. The van der Waals surface area contributed by atoms with Crippen molar-refractivity contribution in [3.63, 3.8) is 0 Å². The van der Waals surface area contributed by atoms with E-state index in [1.165, 1.54) is 6.07 Å². The van der Waals surface area contributed by atoms with Gasteiger partial charge in [0.15, 0.2) is 0 Å². The van der Waals surface area contributed by atoms with Gasteiger partial charge >= 0.3 is 5.97 Å². The topological polar surface area (TPSA) is 110 Å². The first-order valence-corrected chi connectivity index (χ1v) is 11.4. The summed E-state index contributed by atoms with van der Waals surface area (Å²) in [6, 6.07) is 11.5.